The molecule has 1 fully saturated rings. The van der Waals surface area contributed by atoms with Gasteiger partial charge < -0.3 is 14.9 Å². The number of hydrogen-bond donors (Lipinski definition) is 2. The van der Waals surface area contributed by atoms with E-state index in [0.717, 1.165) is 12.0 Å². The zero-order valence-electron chi connectivity index (χ0n) is 18.9. The number of allylic oxidation sites excluding steroid dienone is 2. The molecule has 0 spiro atoms. The highest BCUT2D eigenvalue weighted by molar-refractivity contribution is 5.84. The van der Waals surface area contributed by atoms with Crippen LogP contribution < -0.4 is 0 Å². The van der Waals surface area contributed by atoms with Crippen molar-refractivity contribution in [2.24, 2.45) is 29.6 Å². The summed E-state index contributed by atoms with van der Waals surface area (Å²) < 4.78 is 6.08. The minimum Gasteiger partial charge on any atom is -0.392 e. The van der Waals surface area contributed by atoms with Gasteiger partial charge in [0, 0.05) is 30.1 Å². The number of Topliss-reactive ketones (excluding diaryl/α,β-unsaturated/α-hetero) is 2. The number of aliphatic hydroxyl groups is 2. The van der Waals surface area contributed by atoms with Crippen molar-refractivity contribution < 1.29 is 24.5 Å². The van der Waals surface area contributed by atoms with Gasteiger partial charge in [-0.2, -0.15) is 0 Å². The van der Waals surface area contributed by atoms with Crippen molar-refractivity contribution in [3.8, 4) is 0 Å². The first-order valence-corrected chi connectivity index (χ1v) is 10.7. The second-order valence-corrected chi connectivity index (χ2v) is 8.77. The summed E-state index contributed by atoms with van der Waals surface area (Å²) in [6.07, 6.45) is 2.53. The van der Waals surface area contributed by atoms with E-state index in [9.17, 15) is 19.8 Å². The van der Waals surface area contributed by atoms with Crippen LogP contribution in [0.1, 0.15) is 74.7 Å². The maximum absolute atomic E-state index is 13.1. The average molecular weight is 397 g/mol. The predicted octanol–water partition coefficient (Wildman–Crippen LogP) is 3.91. The second kappa shape index (κ2) is 10.1. The van der Waals surface area contributed by atoms with E-state index in [1.165, 1.54) is 0 Å². The summed E-state index contributed by atoms with van der Waals surface area (Å²) in [6.45, 7) is 14.7. The van der Waals surface area contributed by atoms with Crippen molar-refractivity contribution in [2.45, 2.75) is 92.6 Å². The lowest BCUT2D eigenvalue weighted by atomic mass is 9.71. The van der Waals surface area contributed by atoms with E-state index >= 15 is 0 Å². The van der Waals surface area contributed by atoms with E-state index in [4.69, 9.17) is 4.74 Å². The molecule has 1 rings (SSSR count). The molecule has 1 saturated heterocycles. The van der Waals surface area contributed by atoms with Crippen molar-refractivity contribution in [1.82, 2.24) is 0 Å². The molecule has 0 aromatic heterocycles. The number of aliphatic hydroxyl groups excluding tert-OH is 1. The lowest BCUT2D eigenvalue weighted by molar-refractivity contribution is -0.337. The van der Waals surface area contributed by atoms with Crippen molar-refractivity contribution in [2.75, 3.05) is 0 Å². The van der Waals surface area contributed by atoms with E-state index in [2.05, 4.69) is 13.0 Å². The fourth-order valence-electron chi connectivity index (χ4n) is 4.53. The zero-order chi connectivity index (χ0) is 21.8. The summed E-state index contributed by atoms with van der Waals surface area (Å²) >= 11 is 0. The molecule has 0 unspecified atom stereocenters. The van der Waals surface area contributed by atoms with Gasteiger partial charge in [-0.3, -0.25) is 9.59 Å². The lowest BCUT2D eigenvalue weighted by Crippen LogP contribution is -2.63. The van der Waals surface area contributed by atoms with Crippen molar-refractivity contribution in [3.63, 3.8) is 0 Å². The summed E-state index contributed by atoms with van der Waals surface area (Å²) in [4.78, 5) is 25.3. The summed E-state index contributed by atoms with van der Waals surface area (Å²) in [5, 5.41) is 22.2. The molecule has 0 saturated carbocycles. The molecule has 0 aliphatic carbocycles. The van der Waals surface area contributed by atoms with Crippen LogP contribution >= 0.6 is 0 Å². The van der Waals surface area contributed by atoms with E-state index in [1.54, 1.807) is 27.7 Å². The standard InChI is InChI=1S/C23H40O5/c1-9-11-13(3)12-14(4)20(25)17(7)23(27)18(8)21(26)16(6)22(28-23)15(5)19(24)10-2/h11,14-18,21-22,26-27H,9-10,12H2,1-8H3/b13-11+/t14-,15-,16-,17+,18+,21+,22-,23-/m1/s1. The molecule has 0 aromatic rings. The van der Waals surface area contributed by atoms with E-state index < -0.39 is 35.7 Å². The van der Waals surface area contributed by atoms with Crippen LogP contribution in [0, 0.1) is 29.6 Å². The van der Waals surface area contributed by atoms with Gasteiger partial charge in [-0.05, 0) is 19.8 Å². The summed E-state index contributed by atoms with van der Waals surface area (Å²) in [6, 6.07) is 0. The van der Waals surface area contributed by atoms with Gasteiger partial charge in [0.2, 0.25) is 0 Å². The number of ether oxygens (including phenoxy) is 1. The topological polar surface area (TPSA) is 83.8 Å². The Morgan fingerprint density at radius 3 is 2.25 bits per heavy atom. The van der Waals surface area contributed by atoms with Crippen molar-refractivity contribution in [1.29, 1.82) is 0 Å². The quantitative estimate of drug-likeness (QED) is 0.577. The van der Waals surface area contributed by atoms with Gasteiger partial charge in [0.1, 0.15) is 11.6 Å². The van der Waals surface area contributed by atoms with Gasteiger partial charge in [0.05, 0.1) is 18.1 Å². The molecular weight excluding hydrogens is 356 g/mol. The number of carbonyl (C=O) groups is 2. The van der Waals surface area contributed by atoms with Crippen molar-refractivity contribution >= 4 is 11.6 Å². The summed E-state index contributed by atoms with van der Waals surface area (Å²) in [5.74, 6) is -4.34. The number of rotatable bonds is 9. The Labute approximate surface area is 170 Å². The summed E-state index contributed by atoms with van der Waals surface area (Å²) in [7, 11) is 0. The van der Waals surface area contributed by atoms with Gasteiger partial charge in [-0.15, -0.1) is 0 Å². The fourth-order valence-corrected chi connectivity index (χ4v) is 4.53. The third-order valence-corrected chi connectivity index (χ3v) is 6.61. The molecule has 0 aromatic carbocycles. The van der Waals surface area contributed by atoms with Gasteiger partial charge in [-0.1, -0.05) is 60.1 Å². The van der Waals surface area contributed by atoms with Crippen LogP contribution in [0.25, 0.3) is 0 Å². The smallest absolute Gasteiger partial charge is 0.180 e. The SMILES string of the molecule is CC/C=C(\C)C[C@@H](C)C(=O)[C@H](C)[C@@]1(O)O[C@H]([C@H](C)C(=O)CC)[C@H](C)[C@H](O)[C@@H]1C. The van der Waals surface area contributed by atoms with Crippen LogP contribution in [0.15, 0.2) is 11.6 Å². The Balaban J connectivity index is 3.11. The molecule has 2 N–H and O–H groups in total. The normalized spacial score (nSPS) is 34.6. The van der Waals surface area contributed by atoms with Gasteiger partial charge in [0.25, 0.3) is 0 Å². The monoisotopic (exact) mass is 396 g/mol. The minimum atomic E-state index is -1.80. The molecule has 1 heterocycles. The van der Waals surface area contributed by atoms with Crippen LogP contribution in [0.4, 0.5) is 0 Å². The maximum atomic E-state index is 13.1. The Morgan fingerprint density at radius 1 is 1.18 bits per heavy atom. The van der Waals surface area contributed by atoms with Crippen LogP contribution in [-0.4, -0.2) is 39.8 Å². The molecule has 1 aliphatic rings. The first-order valence-electron chi connectivity index (χ1n) is 10.7. The Morgan fingerprint density at radius 2 is 1.75 bits per heavy atom. The van der Waals surface area contributed by atoms with Crippen molar-refractivity contribution in [3.05, 3.63) is 11.6 Å². The Hall–Kier alpha value is -1.04. The third kappa shape index (κ3) is 5.11. The highest BCUT2D eigenvalue weighted by atomic mass is 16.6. The fraction of sp³-hybridized carbons (Fsp3) is 0.826. The zero-order valence-corrected chi connectivity index (χ0v) is 18.9. The molecule has 0 bridgehead atoms. The first-order chi connectivity index (χ1) is 12.9. The third-order valence-electron chi connectivity index (χ3n) is 6.61. The maximum Gasteiger partial charge on any atom is 0.180 e. The van der Waals surface area contributed by atoms with Crippen LogP contribution in [0.2, 0.25) is 0 Å². The Kier molecular flexibility index (Phi) is 9.04. The molecule has 5 heteroatoms. The van der Waals surface area contributed by atoms with Crippen LogP contribution in [0.5, 0.6) is 0 Å². The average Bonchev–Trinajstić information content (AvgIpc) is 2.66. The van der Waals surface area contributed by atoms with E-state index in [-0.39, 0.29) is 23.4 Å². The van der Waals surface area contributed by atoms with E-state index in [0.29, 0.717) is 12.8 Å². The molecule has 162 valence electrons. The highest BCUT2D eigenvalue weighted by Crippen LogP contribution is 2.43. The molecule has 1 aliphatic heterocycles. The molecule has 0 amide bonds. The van der Waals surface area contributed by atoms with Gasteiger partial charge in [0.15, 0.2) is 5.79 Å². The van der Waals surface area contributed by atoms with Crippen LogP contribution in [-0.2, 0) is 14.3 Å². The minimum absolute atomic E-state index is 0.0219. The number of hydrogen-bond acceptors (Lipinski definition) is 5. The summed E-state index contributed by atoms with van der Waals surface area (Å²) in [5.41, 5.74) is 1.15. The van der Waals surface area contributed by atoms with Gasteiger partial charge in [-0.25, -0.2) is 0 Å². The number of ketones is 2. The molecule has 28 heavy (non-hydrogen) atoms. The van der Waals surface area contributed by atoms with E-state index in [1.807, 2.05) is 20.8 Å². The number of carbonyl (C=O) groups excluding carboxylic acids is 2. The predicted molar refractivity (Wildman–Crippen MR) is 111 cm³/mol. The van der Waals surface area contributed by atoms with Crippen LogP contribution in [0.3, 0.4) is 0 Å². The highest BCUT2D eigenvalue weighted by Gasteiger charge is 2.56. The largest absolute Gasteiger partial charge is 0.392 e. The molecular formula is C23H40O5. The molecule has 8 atom stereocenters. The Bertz CT molecular complexity index is 584. The first kappa shape index (κ1) is 25.0. The lowest BCUT2D eigenvalue weighted by Gasteiger charge is -2.51. The molecule has 5 nitrogen and oxygen atoms in total. The molecule has 0 radical (unpaired) electrons. The van der Waals surface area contributed by atoms with Gasteiger partial charge >= 0.3 is 0 Å². The second-order valence-electron chi connectivity index (χ2n) is 8.77.